The summed E-state index contributed by atoms with van der Waals surface area (Å²) in [5.41, 5.74) is 1.08. The van der Waals surface area contributed by atoms with Crippen LogP contribution in [0.3, 0.4) is 0 Å². The molecule has 2 heterocycles. The summed E-state index contributed by atoms with van der Waals surface area (Å²) in [6.45, 7) is 9.85. The quantitative estimate of drug-likeness (QED) is 0.856. The highest BCUT2D eigenvalue weighted by Gasteiger charge is 2.27. The Morgan fingerprint density at radius 2 is 2.21 bits per heavy atom. The van der Waals surface area contributed by atoms with Gasteiger partial charge in [-0.1, -0.05) is 20.8 Å². The summed E-state index contributed by atoms with van der Waals surface area (Å²) >= 11 is 0. The molecule has 1 N–H and O–H groups in total. The molecule has 0 aromatic carbocycles. The molecule has 4 heteroatoms. The van der Waals surface area contributed by atoms with Gasteiger partial charge < -0.3 is 5.32 Å². The van der Waals surface area contributed by atoms with Crippen molar-refractivity contribution in [2.24, 2.45) is 5.92 Å². The van der Waals surface area contributed by atoms with E-state index in [1.165, 1.54) is 19.4 Å². The molecule has 1 aromatic heterocycles. The minimum Gasteiger partial charge on any atom is -0.369 e. The summed E-state index contributed by atoms with van der Waals surface area (Å²) in [6, 6.07) is 0.708. The average Bonchev–Trinajstić information content (AvgIpc) is 2.86. The van der Waals surface area contributed by atoms with Gasteiger partial charge in [-0.25, -0.2) is 4.98 Å². The number of hydrogen-bond acceptors (Lipinski definition) is 4. The summed E-state index contributed by atoms with van der Waals surface area (Å²) in [4.78, 5) is 11.5. The van der Waals surface area contributed by atoms with E-state index in [4.69, 9.17) is 0 Å². The van der Waals surface area contributed by atoms with Crippen molar-refractivity contribution in [1.29, 1.82) is 0 Å². The molecule has 1 unspecified atom stereocenters. The maximum atomic E-state index is 4.52. The maximum Gasteiger partial charge on any atom is 0.144 e. The number of rotatable bonds is 6. The standard InChI is InChI=1S/C15H26N4/c1-4-7-16-15-10-17-13(9-18-15)11-19-8-5-6-14(19)12(2)3/h9-10,12,14H,4-8,11H2,1-3H3,(H,16,18). The Kier molecular flexibility index (Phi) is 5.14. The van der Waals surface area contributed by atoms with Crippen LogP contribution in [0, 0.1) is 5.92 Å². The van der Waals surface area contributed by atoms with Crippen molar-refractivity contribution >= 4 is 5.82 Å². The Morgan fingerprint density at radius 3 is 2.84 bits per heavy atom. The van der Waals surface area contributed by atoms with Gasteiger partial charge >= 0.3 is 0 Å². The Balaban J connectivity index is 1.92. The molecule has 106 valence electrons. The predicted molar refractivity (Wildman–Crippen MR) is 79.1 cm³/mol. The summed E-state index contributed by atoms with van der Waals surface area (Å²) in [5, 5.41) is 3.25. The molecule has 0 spiro atoms. The fraction of sp³-hybridized carbons (Fsp3) is 0.733. The summed E-state index contributed by atoms with van der Waals surface area (Å²) < 4.78 is 0. The van der Waals surface area contributed by atoms with Crippen molar-refractivity contribution in [1.82, 2.24) is 14.9 Å². The van der Waals surface area contributed by atoms with Crippen molar-refractivity contribution in [2.45, 2.75) is 52.6 Å². The van der Waals surface area contributed by atoms with Crippen LogP contribution in [0.25, 0.3) is 0 Å². The van der Waals surface area contributed by atoms with E-state index < -0.39 is 0 Å². The Hall–Kier alpha value is -1.16. The van der Waals surface area contributed by atoms with Crippen LogP contribution in [0.2, 0.25) is 0 Å². The third kappa shape index (κ3) is 3.90. The van der Waals surface area contributed by atoms with Crippen LogP contribution in [0.1, 0.15) is 45.7 Å². The molecular formula is C15H26N4. The van der Waals surface area contributed by atoms with E-state index in [-0.39, 0.29) is 0 Å². The van der Waals surface area contributed by atoms with E-state index in [1.54, 1.807) is 0 Å². The number of anilines is 1. The molecule has 1 aromatic rings. The molecule has 19 heavy (non-hydrogen) atoms. The lowest BCUT2D eigenvalue weighted by molar-refractivity contribution is 0.196. The number of aromatic nitrogens is 2. The predicted octanol–water partition coefficient (Wildman–Crippen LogP) is 2.92. The molecule has 1 aliphatic heterocycles. The first-order valence-electron chi connectivity index (χ1n) is 7.49. The van der Waals surface area contributed by atoms with Crippen LogP contribution in [0.15, 0.2) is 12.4 Å². The van der Waals surface area contributed by atoms with Gasteiger partial charge in [0.1, 0.15) is 5.82 Å². The second-order valence-electron chi connectivity index (χ2n) is 5.74. The van der Waals surface area contributed by atoms with Crippen molar-refractivity contribution in [2.75, 3.05) is 18.4 Å². The highest BCUT2D eigenvalue weighted by Crippen LogP contribution is 2.24. The Labute approximate surface area is 116 Å². The Bertz CT molecular complexity index is 374. The number of hydrogen-bond donors (Lipinski definition) is 1. The fourth-order valence-electron chi connectivity index (χ4n) is 2.79. The van der Waals surface area contributed by atoms with E-state index in [0.717, 1.165) is 36.9 Å². The van der Waals surface area contributed by atoms with Crippen LogP contribution in [0.5, 0.6) is 0 Å². The Morgan fingerprint density at radius 1 is 1.37 bits per heavy atom. The lowest BCUT2D eigenvalue weighted by Crippen LogP contribution is -2.33. The van der Waals surface area contributed by atoms with E-state index in [2.05, 4.69) is 41.0 Å². The third-order valence-electron chi connectivity index (χ3n) is 3.81. The van der Waals surface area contributed by atoms with Crippen LogP contribution in [-0.4, -0.2) is 34.0 Å². The second kappa shape index (κ2) is 6.85. The van der Waals surface area contributed by atoms with Crippen LogP contribution < -0.4 is 5.32 Å². The van der Waals surface area contributed by atoms with Gasteiger partial charge in [0.2, 0.25) is 0 Å². The summed E-state index contributed by atoms with van der Waals surface area (Å²) in [5.74, 6) is 1.60. The molecule has 1 aliphatic rings. The topological polar surface area (TPSA) is 41.1 Å². The van der Waals surface area contributed by atoms with Gasteiger partial charge in [0.15, 0.2) is 0 Å². The molecule has 1 fully saturated rings. The number of likely N-dealkylation sites (tertiary alicyclic amines) is 1. The lowest BCUT2D eigenvalue weighted by Gasteiger charge is -2.27. The lowest BCUT2D eigenvalue weighted by atomic mass is 10.0. The molecule has 2 rings (SSSR count). The van der Waals surface area contributed by atoms with E-state index in [1.807, 2.05) is 12.4 Å². The van der Waals surface area contributed by atoms with E-state index in [9.17, 15) is 0 Å². The van der Waals surface area contributed by atoms with Gasteiger partial charge in [-0.15, -0.1) is 0 Å². The van der Waals surface area contributed by atoms with Gasteiger partial charge in [-0.05, 0) is 31.7 Å². The smallest absolute Gasteiger partial charge is 0.144 e. The first-order valence-corrected chi connectivity index (χ1v) is 7.49. The highest BCUT2D eigenvalue weighted by atomic mass is 15.2. The largest absolute Gasteiger partial charge is 0.369 e. The molecule has 0 saturated carbocycles. The van der Waals surface area contributed by atoms with Crippen LogP contribution in [-0.2, 0) is 6.54 Å². The van der Waals surface area contributed by atoms with Crippen molar-refractivity contribution in [3.05, 3.63) is 18.1 Å². The van der Waals surface area contributed by atoms with E-state index in [0.29, 0.717) is 6.04 Å². The minimum atomic E-state index is 0.708. The monoisotopic (exact) mass is 262 g/mol. The molecule has 1 saturated heterocycles. The van der Waals surface area contributed by atoms with Gasteiger partial charge in [-0.2, -0.15) is 0 Å². The zero-order valence-electron chi connectivity index (χ0n) is 12.4. The summed E-state index contributed by atoms with van der Waals surface area (Å²) in [7, 11) is 0. The van der Waals surface area contributed by atoms with Crippen LogP contribution >= 0.6 is 0 Å². The first kappa shape index (κ1) is 14.3. The number of nitrogens with zero attached hydrogens (tertiary/aromatic N) is 3. The van der Waals surface area contributed by atoms with Crippen molar-refractivity contribution in [3.8, 4) is 0 Å². The summed E-state index contributed by atoms with van der Waals surface area (Å²) in [6.07, 6.45) is 7.50. The molecular weight excluding hydrogens is 236 g/mol. The average molecular weight is 262 g/mol. The van der Waals surface area contributed by atoms with Gasteiger partial charge in [0.25, 0.3) is 0 Å². The van der Waals surface area contributed by atoms with Crippen LogP contribution in [0.4, 0.5) is 5.82 Å². The highest BCUT2D eigenvalue weighted by molar-refractivity contribution is 5.30. The van der Waals surface area contributed by atoms with Gasteiger partial charge in [0.05, 0.1) is 18.1 Å². The second-order valence-corrected chi connectivity index (χ2v) is 5.74. The molecule has 4 nitrogen and oxygen atoms in total. The molecule has 0 radical (unpaired) electrons. The van der Waals surface area contributed by atoms with Crippen molar-refractivity contribution < 1.29 is 0 Å². The normalized spacial score (nSPS) is 20.1. The zero-order chi connectivity index (χ0) is 13.7. The molecule has 1 atom stereocenters. The zero-order valence-corrected chi connectivity index (χ0v) is 12.4. The first-order chi connectivity index (χ1) is 9.20. The molecule has 0 bridgehead atoms. The van der Waals surface area contributed by atoms with Gasteiger partial charge in [0, 0.05) is 19.1 Å². The SMILES string of the molecule is CCCNc1cnc(CN2CCCC2C(C)C)cn1. The third-order valence-corrected chi connectivity index (χ3v) is 3.81. The fourth-order valence-corrected chi connectivity index (χ4v) is 2.79. The molecule has 0 amide bonds. The van der Waals surface area contributed by atoms with E-state index >= 15 is 0 Å². The van der Waals surface area contributed by atoms with Gasteiger partial charge in [-0.3, -0.25) is 9.88 Å². The minimum absolute atomic E-state index is 0.708. The molecule has 0 aliphatic carbocycles. The van der Waals surface area contributed by atoms with Crippen molar-refractivity contribution in [3.63, 3.8) is 0 Å². The maximum absolute atomic E-state index is 4.52. The number of nitrogens with one attached hydrogen (secondary N) is 1.